The average Bonchev–Trinajstić information content (AvgIpc) is 2.80. The van der Waals surface area contributed by atoms with Crippen molar-refractivity contribution in [1.82, 2.24) is 14.8 Å². The summed E-state index contributed by atoms with van der Waals surface area (Å²) in [5.74, 6) is -0.309. The highest BCUT2D eigenvalue weighted by atomic mass is 19.1. The fourth-order valence-corrected chi connectivity index (χ4v) is 4.36. The first-order chi connectivity index (χ1) is 14.6. The first-order valence-electron chi connectivity index (χ1n) is 10.4. The van der Waals surface area contributed by atoms with Gasteiger partial charge in [0.2, 0.25) is 11.8 Å². The Bertz CT molecular complexity index is 892. The molecule has 0 aliphatic carbocycles. The Morgan fingerprint density at radius 1 is 1.00 bits per heavy atom. The maximum absolute atomic E-state index is 13.9. The van der Waals surface area contributed by atoms with Crippen LogP contribution >= 0.6 is 0 Å². The summed E-state index contributed by atoms with van der Waals surface area (Å²) < 4.78 is 19.4. The zero-order chi connectivity index (χ0) is 21.0. The zero-order valence-electron chi connectivity index (χ0n) is 16.9. The molecule has 2 aliphatic heterocycles. The van der Waals surface area contributed by atoms with Crippen LogP contribution in [0.15, 0.2) is 48.7 Å². The first kappa shape index (κ1) is 20.5. The smallest absolute Gasteiger partial charge is 0.233 e. The fourth-order valence-electron chi connectivity index (χ4n) is 4.36. The van der Waals surface area contributed by atoms with Gasteiger partial charge in [0, 0.05) is 51.3 Å². The second-order valence-corrected chi connectivity index (χ2v) is 7.88. The summed E-state index contributed by atoms with van der Waals surface area (Å²) >= 11 is 0. The van der Waals surface area contributed by atoms with Gasteiger partial charge < -0.3 is 14.5 Å². The number of benzene rings is 1. The third-order valence-corrected chi connectivity index (χ3v) is 6.11. The molecule has 0 atom stereocenters. The number of pyridine rings is 1. The molecule has 0 bridgehead atoms. The molecule has 0 N–H and O–H groups in total. The summed E-state index contributed by atoms with van der Waals surface area (Å²) in [5, 5.41) is 0. The van der Waals surface area contributed by atoms with Gasteiger partial charge in [-0.3, -0.25) is 14.6 Å². The summed E-state index contributed by atoms with van der Waals surface area (Å²) in [4.78, 5) is 34.0. The molecule has 2 amide bonds. The van der Waals surface area contributed by atoms with Crippen LogP contribution in [0, 0.1) is 5.82 Å². The van der Waals surface area contributed by atoms with Crippen LogP contribution in [0.2, 0.25) is 0 Å². The second kappa shape index (κ2) is 8.92. The summed E-state index contributed by atoms with van der Waals surface area (Å²) in [6, 6.07) is 11.9. The molecule has 2 aromatic rings. The minimum Gasteiger partial charge on any atom is -0.381 e. The first-order valence-corrected chi connectivity index (χ1v) is 10.4. The fraction of sp³-hybridized carbons (Fsp3) is 0.435. The molecule has 2 aliphatic rings. The number of halogens is 1. The van der Waals surface area contributed by atoms with E-state index in [1.54, 1.807) is 17.2 Å². The standard InChI is InChI=1S/C23H26FN3O3/c24-19-5-3-4-18(16-19)23(7-14-30-15-8-23)22(29)27-12-10-26(11-13-27)21(28)17-20-6-1-2-9-25-20/h1-6,9,16H,7-8,10-15,17H2. The maximum atomic E-state index is 13.9. The van der Waals surface area contributed by atoms with E-state index in [2.05, 4.69) is 4.98 Å². The molecule has 158 valence electrons. The molecule has 0 unspecified atom stereocenters. The van der Waals surface area contributed by atoms with Gasteiger partial charge in [-0.25, -0.2) is 4.39 Å². The van der Waals surface area contributed by atoms with Crippen LogP contribution in [0.1, 0.15) is 24.1 Å². The quantitative estimate of drug-likeness (QED) is 0.774. The molecule has 0 radical (unpaired) electrons. The monoisotopic (exact) mass is 411 g/mol. The molecule has 2 saturated heterocycles. The van der Waals surface area contributed by atoms with Crippen LogP contribution in [0.3, 0.4) is 0 Å². The molecular weight excluding hydrogens is 385 g/mol. The number of ether oxygens (including phenoxy) is 1. The van der Waals surface area contributed by atoms with Gasteiger partial charge in [-0.15, -0.1) is 0 Å². The Labute approximate surface area is 175 Å². The normalized spacial score (nSPS) is 18.8. The van der Waals surface area contributed by atoms with Crippen molar-refractivity contribution in [3.63, 3.8) is 0 Å². The lowest BCUT2D eigenvalue weighted by molar-refractivity contribution is -0.146. The van der Waals surface area contributed by atoms with E-state index in [0.29, 0.717) is 57.8 Å². The number of carbonyl (C=O) groups excluding carboxylic acids is 2. The number of piperazine rings is 1. The van der Waals surface area contributed by atoms with Crippen LogP contribution in [-0.4, -0.2) is 66.0 Å². The Kier molecular flexibility index (Phi) is 6.08. The lowest BCUT2D eigenvalue weighted by Gasteiger charge is -2.43. The van der Waals surface area contributed by atoms with Gasteiger partial charge in [-0.05, 0) is 42.7 Å². The van der Waals surface area contributed by atoms with Crippen LogP contribution < -0.4 is 0 Å². The highest BCUT2D eigenvalue weighted by molar-refractivity contribution is 5.89. The number of hydrogen-bond donors (Lipinski definition) is 0. The Morgan fingerprint density at radius 2 is 1.73 bits per heavy atom. The number of carbonyl (C=O) groups is 2. The number of rotatable bonds is 4. The van der Waals surface area contributed by atoms with Crippen molar-refractivity contribution in [3.05, 3.63) is 65.7 Å². The SMILES string of the molecule is O=C(Cc1ccccn1)N1CCN(C(=O)C2(c3cccc(F)c3)CCOCC2)CC1. The van der Waals surface area contributed by atoms with E-state index >= 15 is 0 Å². The van der Waals surface area contributed by atoms with Crippen LogP contribution in [-0.2, 0) is 26.2 Å². The predicted octanol–water partition coefficient (Wildman–Crippen LogP) is 2.18. The summed E-state index contributed by atoms with van der Waals surface area (Å²) in [6.45, 7) is 2.89. The van der Waals surface area contributed by atoms with Gasteiger partial charge in [0.25, 0.3) is 0 Å². The van der Waals surface area contributed by atoms with E-state index in [-0.39, 0.29) is 24.1 Å². The number of nitrogens with zero attached hydrogens (tertiary/aromatic N) is 3. The van der Waals surface area contributed by atoms with Crippen molar-refractivity contribution in [2.24, 2.45) is 0 Å². The summed E-state index contributed by atoms with van der Waals surface area (Å²) in [5.41, 5.74) is 0.693. The lowest BCUT2D eigenvalue weighted by atomic mass is 9.73. The zero-order valence-corrected chi connectivity index (χ0v) is 16.9. The van der Waals surface area contributed by atoms with Crippen molar-refractivity contribution in [3.8, 4) is 0 Å². The van der Waals surface area contributed by atoms with Crippen LogP contribution in [0.25, 0.3) is 0 Å². The molecule has 1 aromatic carbocycles. The van der Waals surface area contributed by atoms with E-state index in [1.165, 1.54) is 12.1 Å². The largest absolute Gasteiger partial charge is 0.381 e. The van der Waals surface area contributed by atoms with E-state index in [0.717, 1.165) is 5.69 Å². The highest BCUT2D eigenvalue weighted by Crippen LogP contribution is 2.37. The molecule has 7 heteroatoms. The predicted molar refractivity (Wildman–Crippen MR) is 109 cm³/mol. The van der Waals surface area contributed by atoms with Crippen molar-refractivity contribution < 1.29 is 18.7 Å². The third kappa shape index (κ3) is 4.21. The molecule has 0 spiro atoms. The van der Waals surface area contributed by atoms with E-state index < -0.39 is 5.41 Å². The number of amides is 2. The van der Waals surface area contributed by atoms with Gasteiger partial charge in [0.1, 0.15) is 5.82 Å². The highest BCUT2D eigenvalue weighted by Gasteiger charge is 2.44. The number of aromatic nitrogens is 1. The molecule has 30 heavy (non-hydrogen) atoms. The minimum absolute atomic E-state index is 0.00762. The molecular formula is C23H26FN3O3. The lowest BCUT2D eigenvalue weighted by Crippen LogP contribution is -2.57. The summed E-state index contributed by atoms with van der Waals surface area (Å²) in [6.07, 6.45) is 3.01. The van der Waals surface area contributed by atoms with Gasteiger partial charge in [-0.1, -0.05) is 18.2 Å². The molecule has 2 fully saturated rings. The third-order valence-electron chi connectivity index (χ3n) is 6.11. The number of hydrogen-bond acceptors (Lipinski definition) is 4. The maximum Gasteiger partial charge on any atom is 0.233 e. The van der Waals surface area contributed by atoms with Gasteiger partial charge >= 0.3 is 0 Å². The van der Waals surface area contributed by atoms with Gasteiger partial charge in [-0.2, -0.15) is 0 Å². The average molecular weight is 411 g/mol. The van der Waals surface area contributed by atoms with Crippen LogP contribution in [0.5, 0.6) is 0 Å². The molecule has 3 heterocycles. The minimum atomic E-state index is -0.763. The summed E-state index contributed by atoms with van der Waals surface area (Å²) in [7, 11) is 0. The topological polar surface area (TPSA) is 62.7 Å². The van der Waals surface area contributed by atoms with Gasteiger partial charge in [0.15, 0.2) is 0 Å². The molecule has 1 aromatic heterocycles. The second-order valence-electron chi connectivity index (χ2n) is 7.88. The molecule has 6 nitrogen and oxygen atoms in total. The van der Waals surface area contributed by atoms with E-state index in [9.17, 15) is 14.0 Å². The van der Waals surface area contributed by atoms with Crippen molar-refractivity contribution >= 4 is 11.8 Å². The van der Waals surface area contributed by atoms with Crippen molar-refractivity contribution in [1.29, 1.82) is 0 Å². The van der Waals surface area contributed by atoms with E-state index in [1.807, 2.05) is 29.2 Å². The van der Waals surface area contributed by atoms with Crippen molar-refractivity contribution in [2.75, 3.05) is 39.4 Å². The molecule has 0 saturated carbocycles. The Balaban J connectivity index is 1.44. The van der Waals surface area contributed by atoms with Gasteiger partial charge in [0.05, 0.1) is 11.8 Å². The molecule has 4 rings (SSSR count). The van der Waals surface area contributed by atoms with Crippen molar-refractivity contribution in [2.45, 2.75) is 24.7 Å². The Hall–Kier alpha value is -2.80. The van der Waals surface area contributed by atoms with E-state index in [4.69, 9.17) is 4.74 Å². The Morgan fingerprint density at radius 3 is 2.40 bits per heavy atom. The van der Waals surface area contributed by atoms with Crippen LogP contribution in [0.4, 0.5) is 4.39 Å².